The molecule has 9 heteroatoms. The van der Waals surface area contributed by atoms with Crippen molar-refractivity contribution in [2.24, 2.45) is 0 Å². The average molecular weight is 409 g/mol. The zero-order valence-electron chi connectivity index (χ0n) is 14.2. The predicted molar refractivity (Wildman–Crippen MR) is 110 cm³/mol. The molecule has 0 atom stereocenters. The Morgan fingerprint density at radius 3 is 2.96 bits per heavy atom. The summed E-state index contributed by atoms with van der Waals surface area (Å²) in [5, 5.41) is 5.27. The Labute approximate surface area is 163 Å². The monoisotopic (exact) mass is 408 g/mol. The van der Waals surface area contributed by atoms with Crippen LogP contribution in [0.25, 0.3) is 4.96 Å². The fraction of sp³-hybridized carbons (Fsp3) is 0.235. The molecule has 2 heterocycles. The second-order valence-corrected chi connectivity index (χ2v) is 8.03. The minimum atomic E-state index is -0.130. The lowest BCUT2D eigenvalue weighted by Crippen LogP contribution is -2.18. The van der Waals surface area contributed by atoms with Crippen molar-refractivity contribution in [2.75, 3.05) is 30.1 Å². The minimum absolute atomic E-state index is 0.106. The van der Waals surface area contributed by atoms with Crippen LogP contribution >= 0.6 is 34.7 Å². The van der Waals surface area contributed by atoms with Crippen molar-refractivity contribution in [1.82, 2.24) is 9.38 Å². The zero-order valence-corrected chi connectivity index (χ0v) is 16.6. The molecule has 0 unspecified atom stereocenters. The summed E-state index contributed by atoms with van der Waals surface area (Å²) in [5.74, 6) is 0.618. The zero-order chi connectivity index (χ0) is 18.7. The van der Waals surface area contributed by atoms with Crippen LogP contribution in [0.1, 0.15) is 5.69 Å². The Morgan fingerprint density at radius 1 is 1.38 bits per heavy atom. The first kappa shape index (κ1) is 18.8. The van der Waals surface area contributed by atoms with Crippen molar-refractivity contribution >= 4 is 56.9 Å². The summed E-state index contributed by atoms with van der Waals surface area (Å²) in [5.41, 5.74) is 2.12. The first-order valence-electron chi connectivity index (χ1n) is 7.74. The molecular weight excluding hydrogens is 392 g/mol. The first-order chi connectivity index (χ1) is 12.4. The van der Waals surface area contributed by atoms with Crippen LogP contribution in [0.3, 0.4) is 0 Å². The van der Waals surface area contributed by atoms with E-state index in [9.17, 15) is 9.59 Å². The standard InChI is InChI=1S/C17H17ClN4O2S2/c1-21(2)14-4-3-11(18)7-13(14)20-15(23)10-25-9-12-8-16(24)22-5-6-26-17(22)19-12/h3-8H,9-10H2,1-2H3,(H,20,23). The molecule has 0 saturated heterocycles. The quantitative estimate of drug-likeness (QED) is 0.677. The third kappa shape index (κ3) is 4.38. The normalized spacial score (nSPS) is 10.9. The third-order valence-corrected chi connectivity index (χ3v) is 5.51. The van der Waals surface area contributed by atoms with Crippen molar-refractivity contribution in [3.8, 4) is 0 Å². The molecule has 0 bridgehead atoms. The number of carbonyl (C=O) groups is 1. The van der Waals surface area contributed by atoms with E-state index in [1.54, 1.807) is 18.3 Å². The van der Waals surface area contributed by atoms with Gasteiger partial charge >= 0.3 is 0 Å². The van der Waals surface area contributed by atoms with Crippen molar-refractivity contribution in [3.05, 3.63) is 56.9 Å². The molecule has 1 N–H and O–H groups in total. The number of hydrogen-bond donors (Lipinski definition) is 1. The number of benzene rings is 1. The molecule has 1 amide bonds. The smallest absolute Gasteiger partial charge is 0.258 e. The van der Waals surface area contributed by atoms with E-state index in [0.29, 0.717) is 27.1 Å². The number of amides is 1. The lowest BCUT2D eigenvalue weighted by atomic mass is 10.2. The number of rotatable bonds is 6. The number of nitrogens with zero attached hydrogens (tertiary/aromatic N) is 3. The molecule has 0 aliphatic rings. The van der Waals surface area contributed by atoms with E-state index in [4.69, 9.17) is 11.6 Å². The van der Waals surface area contributed by atoms with E-state index >= 15 is 0 Å². The van der Waals surface area contributed by atoms with Gasteiger partial charge in [-0.1, -0.05) is 11.6 Å². The number of fused-ring (bicyclic) bond motifs is 1. The molecule has 1 aromatic carbocycles. The Bertz CT molecular complexity index is 1000. The van der Waals surface area contributed by atoms with E-state index in [-0.39, 0.29) is 17.2 Å². The number of nitrogens with one attached hydrogen (secondary N) is 1. The number of thiazole rings is 1. The summed E-state index contributed by atoms with van der Waals surface area (Å²) >= 11 is 8.84. The van der Waals surface area contributed by atoms with Gasteiger partial charge in [-0.15, -0.1) is 23.1 Å². The maximum absolute atomic E-state index is 12.2. The van der Waals surface area contributed by atoms with Crippen LogP contribution < -0.4 is 15.8 Å². The number of anilines is 2. The van der Waals surface area contributed by atoms with Crippen LogP contribution in [-0.2, 0) is 10.5 Å². The highest BCUT2D eigenvalue weighted by Gasteiger charge is 2.10. The van der Waals surface area contributed by atoms with Crippen molar-refractivity contribution in [3.63, 3.8) is 0 Å². The van der Waals surface area contributed by atoms with Gasteiger partial charge in [0.25, 0.3) is 5.56 Å². The molecular formula is C17H17ClN4O2S2. The first-order valence-corrected chi connectivity index (χ1v) is 10.2. The van der Waals surface area contributed by atoms with Gasteiger partial charge in [-0.05, 0) is 18.2 Å². The van der Waals surface area contributed by atoms with Crippen LogP contribution in [0.4, 0.5) is 11.4 Å². The van der Waals surface area contributed by atoms with E-state index in [1.807, 2.05) is 30.4 Å². The number of thioether (sulfide) groups is 1. The van der Waals surface area contributed by atoms with Gasteiger partial charge in [-0.2, -0.15) is 0 Å². The highest BCUT2D eigenvalue weighted by molar-refractivity contribution is 7.99. The molecule has 0 spiro atoms. The van der Waals surface area contributed by atoms with Crippen LogP contribution in [0.15, 0.2) is 40.6 Å². The summed E-state index contributed by atoms with van der Waals surface area (Å²) < 4.78 is 1.51. The molecule has 136 valence electrons. The van der Waals surface area contributed by atoms with Crippen molar-refractivity contribution < 1.29 is 4.79 Å². The van der Waals surface area contributed by atoms with Gasteiger partial charge in [0.15, 0.2) is 4.96 Å². The molecule has 2 aromatic heterocycles. The van der Waals surface area contributed by atoms with Crippen molar-refractivity contribution in [1.29, 1.82) is 0 Å². The summed E-state index contributed by atoms with van der Waals surface area (Å²) in [7, 11) is 3.80. The fourth-order valence-electron chi connectivity index (χ4n) is 2.39. The molecule has 6 nitrogen and oxygen atoms in total. The van der Waals surface area contributed by atoms with Gasteiger partial charge < -0.3 is 10.2 Å². The fourth-order valence-corrected chi connectivity index (χ4v) is 4.02. The average Bonchev–Trinajstić information content (AvgIpc) is 3.03. The van der Waals surface area contributed by atoms with Crippen LogP contribution in [-0.4, -0.2) is 35.1 Å². The Hall–Kier alpha value is -2.03. The summed E-state index contributed by atoms with van der Waals surface area (Å²) in [6.45, 7) is 0. The number of aromatic nitrogens is 2. The Balaban J connectivity index is 1.61. The molecule has 0 radical (unpaired) electrons. The van der Waals surface area contributed by atoms with Gasteiger partial charge in [0.1, 0.15) is 0 Å². The number of hydrogen-bond acceptors (Lipinski definition) is 6. The second-order valence-electron chi connectivity index (χ2n) is 5.74. The van der Waals surface area contributed by atoms with E-state index in [2.05, 4.69) is 10.3 Å². The lowest BCUT2D eigenvalue weighted by Gasteiger charge is -2.18. The lowest BCUT2D eigenvalue weighted by molar-refractivity contribution is -0.113. The van der Waals surface area contributed by atoms with E-state index < -0.39 is 0 Å². The molecule has 0 aliphatic heterocycles. The largest absolute Gasteiger partial charge is 0.376 e. The van der Waals surface area contributed by atoms with Crippen LogP contribution in [0.5, 0.6) is 0 Å². The minimum Gasteiger partial charge on any atom is -0.376 e. The molecule has 0 fully saturated rings. The molecule has 3 aromatic rings. The van der Waals surface area contributed by atoms with Gasteiger partial charge in [0, 0.05) is 42.5 Å². The Morgan fingerprint density at radius 2 is 2.19 bits per heavy atom. The van der Waals surface area contributed by atoms with E-state index in [0.717, 1.165) is 5.69 Å². The maximum Gasteiger partial charge on any atom is 0.258 e. The molecule has 3 rings (SSSR count). The third-order valence-electron chi connectivity index (χ3n) is 3.55. The SMILES string of the molecule is CN(C)c1ccc(Cl)cc1NC(=O)CSCc1cc(=O)n2ccsc2n1. The number of carbonyl (C=O) groups excluding carboxylic acids is 1. The van der Waals surface area contributed by atoms with Crippen LogP contribution in [0, 0.1) is 0 Å². The van der Waals surface area contributed by atoms with Gasteiger partial charge in [-0.25, -0.2) is 4.98 Å². The van der Waals surface area contributed by atoms with Gasteiger partial charge in [0.05, 0.1) is 22.8 Å². The van der Waals surface area contributed by atoms with Crippen LogP contribution in [0.2, 0.25) is 5.02 Å². The molecule has 0 aliphatic carbocycles. The highest BCUT2D eigenvalue weighted by atomic mass is 35.5. The Kier molecular flexibility index (Phi) is 5.85. The summed E-state index contributed by atoms with van der Waals surface area (Å²) in [6.07, 6.45) is 1.70. The molecule has 0 saturated carbocycles. The van der Waals surface area contributed by atoms with Gasteiger partial charge in [0.2, 0.25) is 5.91 Å². The summed E-state index contributed by atoms with van der Waals surface area (Å²) in [6, 6.07) is 6.88. The second kappa shape index (κ2) is 8.11. The van der Waals surface area contributed by atoms with E-state index in [1.165, 1.54) is 33.6 Å². The maximum atomic E-state index is 12.2. The van der Waals surface area contributed by atoms with Crippen molar-refractivity contribution in [2.45, 2.75) is 5.75 Å². The summed E-state index contributed by atoms with van der Waals surface area (Å²) in [4.78, 5) is 31.2. The predicted octanol–water partition coefficient (Wildman–Crippen LogP) is 3.35. The topological polar surface area (TPSA) is 66.7 Å². The highest BCUT2D eigenvalue weighted by Crippen LogP contribution is 2.28. The number of halogens is 1. The van der Waals surface area contributed by atoms with Gasteiger partial charge in [-0.3, -0.25) is 14.0 Å². The molecule has 26 heavy (non-hydrogen) atoms.